The number of nitrogens with one attached hydrogen (secondary N) is 1. The third-order valence-corrected chi connectivity index (χ3v) is 7.20. The van der Waals surface area contributed by atoms with E-state index in [-0.39, 0.29) is 5.91 Å². The molecule has 110 valence electrons. The lowest BCUT2D eigenvalue weighted by molar-refractivity contribution is -0.117. The van der Waals surface area contributed by atoms with Crippen molar-refractivity contribution in [1.29, 1.82) is 0 Å². The Balaban J connectivity index is 4.28. The highest BCUT2D eigenvalue weighted by atomic mass is 32.3. The maximum Gasteiger partial charge on any atom is 0.246 e. The molecule has 1 N–H and O–H groups in total. The topological polar surface area (TPSA) is 38.3 Å². The van der Waals surface area contributed by atoms with Crippen molar-refractivity contribution in [3.63, 3.8) is 0 Å². The van der Waals surface area contributed by atoms with Crippen molar-refractivity contribution >= 4 is 34.4 Å². The molecule has 0 bridgehead atoms. The monoisotopic (exact) mass is 302 g/mol. The lowest BCUT2D eigenvalue weighted by Gasteiger charge is -2.51. The number of rotatable bonds is 7. The Labute approximate surface area is 123 Å². The molecule has 0 saturated heterocycles. The van der Waals surface area contributed by atoms with Crippen molar-refractivity contribution in [2.75, 3.05) is 31.1 Å². The van der Waals surface area contributed by atoms with Gasteiger partial charge in [-0.05, 0) is 38.5 Å². The smallest absolute Gasteiger partial charge is 0.246 e. The summed E-state index contributed by atoms with van der Waals surface area (Å²) in [6.07, 6.45) is 6.91. The zero-order valence-corrected chi connectivity index (χ0v) is 14.2. The second-order valence-corrected chi connectivity index (χ2v) is 10.7. The van der Waals surface area contributed by atoms with E-state index in [4.69, 9.17) is 17.7 Å². The first-order valence-corrected chi connectivity index (χ1v) is 10.3. The standard InChI is InChI=1S/C13H25BNO2S2/c1-11(2)12(16)15-9-8-10-19(6,7)13(3,14)17-18(4)5/h4H,1,8-10H2,2-3,5-7H3,(H,15,16)/q-1. The molecule has 3 nitrogen and oxygen atoms in total. The van der Waals surface area contributed by atoms with Gasteiger partial charge in [-0.3, -0.25) is 10.5 Å². The molecule has 0 saturated carbocycles. The fourth-order valence-corrected chi connectivity index (χ4v) is 4.19. The van der Waals surface area contributed by atoms with E-state index in [1.807, 2.05) is 6.92 Å². The maximum absolute atomic E-state index is 11.3. The van der Waals surface area contributed by atoms with Crippen LogP contribution in [0.2, 0.25) is 0 Å². The molecule has 0 aliphatic rings. The molecule has 19 heavy (non-hydrogen) atoms. The lowest BCUT2D eigenvalue weighted by Crippen LogP contribution is -2.37. The molecule has 0 aromatic rings. The van der Waals surface area contributed by atoms with Crippen molar-refractivity contribution in [3.8, 4) is 5.69 Å². The Morgan fingerprint density at radius 1 is 1.58 bits per heavy atom. The molecule has 1 amide bonds. The van der Waals surface area contributed by atoms with Gasteiger partial charge in [0.25, 0.3) is 0 Å². The molecule has 0 fully saturated rings. The van der Waals surface area contributed by atoms with E-state index in [2.05, 4.69) is 24.4 Å². The SMILES string of the molecule is [B]C(C)(O[S-](#C)C)S(C)(C)CCCNC(=O)C(=C)C. The van der Waals surface area contributed by atoms with Gasteiger partial charge in [0.2, 0.25) is 5.91 Å². The highest BCUT2D eigenvalue weighted by Crippen LogP contribution is 2.52. The summed E-state index contributed by atoms with van der Waals surface area (Å²) in [6.45, 7) is 7.79. The molecule has 1 atom stereocenters. The van der Waals surface area contributed by atoms with Crippen LogP contribution in [0.5, 0.6) is 0 Å². The average Bonchev–Trinajstić information content (AvgIpc) is 2.21. The van der Waals surface area contributed by atoms with E-state index in [0.717, 1.165) is 12.2 Å². The first-order chi connectivity index (χ1) is 8.49. The lowest BCUT2D eigenvalue weighted by atomic mass is 10.0. The van der Waals surface area contributed by atoms with Gasteiger partial charge < -0.3 is 20.1 Å². The molecule has 0 aliphatic carbocycles. The fraction of sp³-hybridized carbons (Fsp3) is 0.692. The Bertz CT molecular complexity index is 411. The number of amides is 1. The van der Waals surface area contributed by atoms with Crippen molar-refractivity contribution in [2.24, 2.45) is 0 Å². The van der Waals surface area contributed by atoms with Crippen LogP contribution in [0.25, 0.3) is 0 Å². The Kier molecular flexibility index (Phi) is 7.37. The second-order valence-electron chi connectivity index (χ2n) is 5.23. The Morgan fingerprint density at radius 3 is 2.53 bits per heavy atom. The van der Waals surface area contributed by atoms with Crippen LogP contribution >= 0.6 is 10.0 Å². The molecule has 0 aromatic heterocycles. The van der Waals surface area contributed by atoms with Gasteiger partial charge in [-0.1, -0.05) is 6.58 Å². The third-order valence-electron chi connectivity index (χ3n) is 2.90. The summed E-state index contributed by atoms with van der Waals surface area (Å²) in [5.74, 6) is 0.810. The summed E-state index contributed by atoms with van der Waals surface area (Å²) in [5.41, 5.74) is 6.20. The molecule has 0 rings (SSSR count). The van der Waals surface area contributed by atoms with Crippen LogP contribution in [0.1, 0.15) is 20.3 Å². The number of carbonyl (C=O) groups is 1. The predicted octanol–water partition coefficient (Wildman–Crippen LogP) is 1.74. The summed E-state index contributed by atoms with van der Waals surface area (Å²) < 4.78 is 5.64. The van der Waals surface area contributed by atoms with Crippen LogP contribution < -0.4 is 5.32 Å². The summed E-state index contributed by atoms with van der Waals surface area (Å²) in [6, 6.07) is 0. The molecule has 0 aromatic carbocycles. The van der Waals surface area contributed by atoms with Crippen molar-refractivity contribution < 1.29 is 8.98 Å². The molecule has 1 unspecified atom stereocenters. The summed E-state index contributed by atoms with van der Waals surface area (Å²) in [5, 5.41) is 2.82. The Morgan fingerprint density at radius 2 is 2.11 bits per heavy atom. The summed E-state index contributed by atoms with van der Waals surface area (Å²) in [7, 11) is 4.42. The van der Waals surface area contributed by atoms with Crippen LogP contribution in [0, 0.1) is 5.69 Å². The second kappa shape index (κ2) is 7.48. The quantitative estimate of drug-likeness (QED) is 0.337. The molecule has 0 spiro atoms. The van der Waals surface area contributed by atoms with Gasteiger partial charge >= 0.3 is 0 Å². The third kappa shape index (κ3) is 6.62. The largest absolute Gasteiger partial charge is 0.479 e. The van der Waals surface area contributed by atoms with E-state index < -0.39 is 25.4 Å². The van der Waals surface area contributed by atoms with Crippen molar-refractivity contribution in [3.05, 3.63) is 12.2 Å². The molecule has 0 aliphatic heterocycles. The molecule has 6 heteroatoms. The van der Waals surface area contributed by atoms with Crippen LogP contribution in [-0.4, -0.2) is 49.7 Å². The van der Waals surface area contributed by atoms with E-state index in [1.54, 1.807) is 13.2 Å². The highest BCUT2D eigenvalue weighted by Gasteiger charge is 2.29. The van der Waals surface area contributed by atoms with Gasteiger partial charge in [-0.25, -0.2) is 10.0 Å². The first kappa shape index (κ1) is 18.7. The van der Waals surface area contributed by atoms with Gasteiger partial charge in [0.1, 0.15) is 7.85 Å². The van der Waals surface area contributed by atoms with Gasteiger partial charge in [0.05, 0.1) is 0 Å². The fourth-order valence-electron chi connectivity index (χ4n) is 1.34. The minimum atomic E-state index is -1.16. The summed E-state index contributed by atoms with van der Waals surface area (Å²) >= 11 is 0. The number of hydrogen-bond donors (Lipinski definition) is 1. The molecular weight excluding hydrogens is 277 g/mol. The minimum absolute atomic E-state index is 0.100. The van der Waals surface area contributed by atoms with Crippen LogP contribution in [0.3, 0.4) is 0 Å². The van der Waals surface area contributed by atoms with E-state index >= 15 is 0 Å². The predicted molar refractivity (Wildman–Crippen MR) is 90.2 cm³/mol. The maximum atomic E-state index is 11.3. The van der Waals surface area contributed by atoms with E-state index in [9.17, 15) is 4.79 Å². The average molecular weight is 302 g/mol. The van der Waals surface area contributed by atoms with E-state index in [1.165, 1.54) is 0 Å². The number of carbonyl (C=O) groups excluding carboxylic acids is 1. The molecule has 0 heterocycles. The zero-order valence-electron chi connectivity index (χ0n) is 12.6. The van der Waals surface area contributed by atoms with Crippen LogP contribution in [0.15, 0.2) is 12.2 Å². The first-order valence-electron chi connectivity index (χ1n) is 6.02. The molecule has 2 radical (unpaired) electrons. The highest BCUT2D eigenvalue weighted by molar-refractivity contribution is 8.34. The number of hydrogen-bond acceptors (Lipinski definition) is 3. The Hall–Kier alpha value is -0.285. The van der Waals surface area contributed by atoms with Gasteiger partial charge in [0.15, 0.2) is 0 Å². The van der Waals surface area contributed by atoms with Crippen molar-refractivity contribution in [2.45, 2.75) is 25.1 Å². The van der Waals surface area contributed by atoms with Crippen molar-refractivity contribution in [1.82, 2.24) is 5.32 Å². The van der Waals surface area contributed by atoms with Gasteiger partial charge in [-0.15, -0.1) is 6.26 Å². The van der Waals surface area contributed by atoms with Gasteiger partial charge in [0, 0.05) is 17.0 Å². The molecular formula is C13H25BNO2S2-. The summed E-state index contributed by atoms with van der Waals surface area (Å²) in [4.78, 5) is 10.6. The van der Waals surface area contributed by atoms with Crippen LogP contribution in [0.4, 0.5) is 0 Å². The normalized spacial score (nSPS) is 15.8. The van der Waals surface area contributed by atoms with Crippen LogP contribution in [-0.2, 0) is 19.6 Å². The van der Waals surface area contributed by atoms with Gasteiger partial charge in [-0.2, -0.15) is 0 Å². The minimum Gasteiger partial charge on any atom is -0.479 e. The van der Waals surface area contributed by atoms with E-state index in [0.29, 0.717) is 12.1 Å². The zero-order chi connectivity index (χ0) is 15.3.